The highest BCUT2D eigenvalue weighted by atomic mass is 31.1. The lowest BCUT2D eigenvalue weighted by molar-refractivity contribution is -0.123. The van der Waals surface area contributed by atoms with Crippen LogP contribution in [0.15, 0.2) is 42.4 Å². The molecule has 1 fully saturated rings. The van der Waals surface area contributed by atoms with E-state index in [4.69, 9.17) is 4.74 Å². The maximum absolute atomic E-state index is 14.0. The monoisotopic (exact) mass is 374 g/mol. The SMILES string of the molecule is COc1ncc(C2=CC(=O)N3C=C(N4CCNCC4)C=CC3P2)cc1F. The van der Waals surface area contributed by atoms with Gasteiger partial charge in [0.05, 0.1) is 18.6 Å². The van der Waals surface area contributed by atoms with Gasteiger partial charge in [-0.1, -0.05) is 14.7 Å². The first kappa shape index (κ1) is 17.2. The van der Waals surface area contributed by atoms with Gasteiger partial charge < -0.3 is 19.9 Å². The van der Waals surface area contributed by atoms with Gasteiger partial charge in [-0.25, -0.2) is 9.37 Å². The van der Waals surface area contributed by atoms with E-state index < -0.39 is 5.82 Å². The minimum Gasteiger partial charge on any atom is -0.479 e. The number of ether oxygens (including phenoxy) is 1. The number of carbonyl (C=O) groups is 1. The molecule has 1 N–H and O–H groups in total. The van der Waals surface area contributed by atoms with Crippen LogP contribution in [0.4, 0.5) is 4.39 Å². The Hall–Kier alpha value is -2.24. The zero-order valence-corrected chi connectivity index (χ0v) is 15.4. The molecule has 0 radical (unpaired) electrons. The summed E-state index contributed by atoms with van der Waals surface area (Å²) in [4.78, 5) is 20.7. The highest BCUT2D eigenvalue weighted by Gasteiger charge is 2.30. The Morgan fingerprint density at radius 2 is 2.19 bits per heavy atom. The van der Waals surface area contributed by atoms with E-state index in [1.54, 1.807) is 17.2 Å². The smallest absolute Gasteiger partial charge is 0.252 e. The predicted octanol–water partition coefficient (Wildman–Crippen LogP) is 1.73. The highest BCUT2D eigenvalue weighted by molar-refractivity contribution is 7.51. The zero-order valence-electron chi connectivity index (χ0n) is 14.4. The number of allylic oxidation sites excluding steroid dienone is 1. The summed E-state index contributed by atoms with van der Waals surface area (Å²) < 4.78 is 18.8. The van der Waals surface area contributed by atoms with Crippen molar-refractivity contribution >= 4 is 19.8 Å². The van der Waals surface area contributed by atoms with Gasteiger partial charge in [0.2, 0.25) is 5.88 Å². The van der Waals surface area contributed by atoms with E-state index in [9.17, 15) is 9.18 Å². The Morgan fingerprint density at radius 1 is 1.38 bits per heavy atom. The zero-order chi connectivity index (χ0) is 18.1. The van der Waals surface area contributed by atoms with E-state index in [1.807, 2.05) is 6.20 Å². The molecule has 0 aliphatic carbocycles. The van der Waals surface area contributed by atoms with Gasteiger partial charge in [0, 0.05) is 50.2 Å². The summed E-state index contributed by atoms with van der Waals surface area (Å²) in [6, 6.07) is 1.38. The molecule has 4 heterocycles. The molecular weight excluding hydrogens is 354 g/mol. The summed E-state index contributed by atoms with van der Waals surface area (Å²) in [5.74, 6) is -0.676. The molecule has 1 amide bonds. The molecule has 6 nitrogen and oxygen atoms in total. The molecule has 26 heavy (non-hydrogen) atoms. The summed E-state index contributed by atoms with van der Waals surface area (Å²) in [6.45, 7) is 3.76. The fourth-order valence-corrected chi connectivity index (χ4v) is 4.63. The van der Waals surface area contributed by atoms with Crippen LogP contribution in [-0.2, 0) is 4.79 Å². The Kier molecular flexibility index (Phi) is 4.74. The number of aromatic nitrogens is 1. The van der Waals surface area contributed by atoms with Crippen LogP contribution in [0.2, 0.25) is 0 Å². The molecular formula is C18H20FN4O2P. The molecule has 0 saturated carbocycles. The first-order chi connectivity index (χ1) is 12.7. The lowest BCUT2D eigenvalue weighted by Gasteiger charge is -2.37. The van der Waals surface area contributed by atoms with Crippen molar-refractivity contribution in [3.63, 3.8) is 0 Å². The van der Waals surface area contributed by atoms with Gasteiger partial charge in [-0.05, 0) is 17.5 Å². The van der Waals surface area contributed by atoms with Crippen molar-refractivity contribution in [1.82, 2.24) is 20.1 Å². The van der Waals surface area contributed by atoms with Crippen molar-refractivity contribution in [3.8, 4) is 5.88 Å². The number of hydrogen-bond acceptors (Lipinski definition) is 5. The van der Waals surface area contributed by atoms with Crippen LogP contribution in [-0.4, -0.2) is 59.8 Å². The summed E-state index contributed by atoms with van der Waals surface area (Å²) in [7, 11) is 1.71. The summed E-state index contributed by atoms with van der Waals surface area (Å²) in [5, 5.41) is 4.14. The second-order valence-corrected chi connectivity index (χ2v) is 7.68. The van der Waals surface area contributed by atoms with E-state index in [1.165, 1.54) is 13.2 Å². The third-order valence-electron chi connectivity index (χ3n) is 4.64. The minimum absolute atomic E-state index is 0.0284. The molecule has 1 aromatic heterocycles. The number of piperazine rings is 1. The molecule has 136 valence electrons. The van der Waals surface area contributed by atoms with Crippen LogP contribution in [0.1, 0.15) is 5.56 Å². The van der Waals surface area contributed by atoms with Crippen LogP contribution in [0.25, 0.3) is 5.31 Å². The average Bonchev–Trinajstić information content (AvgIpc) is 2.68. The predicted molar refractivity (Wildman–Crippen MR) is 99.3 cm³/mol. The number of hydrogen-bond donors (Lipinski definition) is 1. The van der Waals surface area contributed by atoms with Gasteiger partial charge in [0.15, 0.2) is 5.82 Å². The maximum Gasteiger partial charge on any atom is 0.252 e. The van der Waals surface area contributed by atoms with Gasteiger partial charge >= 0.3 is 0 Å². The molecule has 3 aliphatic heterocycles. The molecule has 0 aromatic carbocycles. The van der Waals surface area contributed by atoms with Crippen LogP contribution >= 0.6 is 8.58 Å². The molecule has 1 aromatic rings. The number of amides is 1. The number of nitrogens with one attached hydrogen (secondary N) is 1. The van der Waals surface area contributed by atoms with Gasteiger partial charge in [-0.3, -0.25) is 4.79 Å². The summed E-state index contributed by atoms with van der Waals surface area (Å²) >= 11 is 0. The number of carbonyl (C=O) groups excluding carboxylic acids is 1. The minimum atomic E-state index is -0.523. The van der Waals surface area contributed by atoms with Crippen molar-refractivity contribution in [3.05, 3.63) is 53.8 Å². The Labute approximate surface area is 153 Å². The van der Waals surface area contributed by atoms with Gasteiger partial charge in [-0.15, -0.1) is 0 Å². The van der Waals surface area contributed by atoms with E-state index in [-0.39, 0.29) is 17.6 Å². The van der Waals surface area contributed by atoms with E-state index in [0.717, 1.165) is 37.2 Å². The molecule has 4 rings (SSSR count). The summed E-state index contributed by atoms with van der Waals surface area (Å²) in [6.07, 6.45) is 9.23. The van der Waals surface area contributed by atoms with Crippen LogP contribution in [0.5, 0.6) is 5.88 Å². The van der Waals surface area contributed by atoms with Crippen molar-refractivity contribution in [1.29, 1.82) is 0 Å². The second-order valence-electron chi connectivity index (χ2n) is 6.26. The molecule has 0 bridgehead atoms. The molecule has 8 heteroatoms. The Morgan fingerprint density at radius 3 is 2.92 bits per heavy atom. The quantitative estimate of drug-likeness (QED) is 0.817. The van der Waals surface area contributed by atoms with Crippen LogP contribution < -0.4 is 10.1 Å². The normalized spacial score (nSPS) is 23.6. The number of rotatable bonds is 3. The van der Waals surface area contributed by atoms with E-state index in [2.05, 4.69) is 27.4 Å². The fraction of sp³-hybridized carbons (Fsp3) is 0.333. The van der Waals surface area contributed by atoms with Crippen molar-refractivity contribution < 1.29 is 13.9 Å². The van der Waals surface area contributed by atoms with Gasteiger partial charge in [-0.2, -0.15) is 0 Å². The van der Waals surface area contributed by atoms with Crippen LogP contribution in [0.3, 0.4) is 0 Å². The van der Waals surface area contributed by atoms with Crippen molar-refractivity contribution in [2.75, 3.05) is 33.3 Å². The molecule has 0 spiro atoms. The molecule has 2 unspecified atom stereocenters. The lowest BCUT2D eigenvalue weighted by atomic mass is 10.2. The van der Waals surface area contributed by atoms with Gasteiger partial charge in [0.25, 0.3) is 5.91 Å². The number of pyridine rings is 1. The third-order valence-corrected chi connectivity index (χ3v) is 6.15. The standard InChI is InChI=1S/C18H20FN4O2P/c1-25-18-14(19)8-12(10-21-18)15-9-16(24)23-11-13(2-3-17(23)26-15)22-6-4-20-5-7-22/h2-3,8-11,17,20,26H,4-7H2,1H3. The highest BCUT2D eigenvalue weighted by Crippen LogP contribution is 2.44. The first-order valence-corrected chi connectivity index (χ1v) is 9.59. The Balaban J connectivity index is 1.57. The van der Waals surface area contributed by atoms with Crippen molar-refractivity contribution in [2.45, 2.75) is 5.78 Å². The summed E-state index contributed by atoms with van der Waals surface area (Å²) in [5.41, 5.74) is 1.69. The van der Waals surface area contributed by atoms with Gasteiger partial charge in [0.1, 0.15) is 0 Å². The molecule has 2 atom stereocenters. The number of nitrogens with zero attached hydrogens (tertiary/aromatic N) is 3. The van der Waals surface area contributed by atoms with Crippen molar-refractivity contribution in [2.24, 2.45) is 0 Å². The fourth-order valence-electron chi connectivity index (χ4n) is 3.27. The molecule has 3 aliphatic rings. The maximum atomic E-state index is 14.0. The van der Waals surface area contributed by atoms with Crippen LogP contribution in [0, 0.1) is 5.82 Å². The topological polar surface area (TPSA) is 57.7 Å². The lowest BCUT2D eigenvalue weighted by Crippen LogP contribution is -2.44. The van der Waals surface area contributed by atoms with E-state index in [0.29, 0.717) is 14.1 Å². The average molecular weight is 374 g/mol. The largest absolute Gasteiger partial charge is 0.479 e. The number of methoxy groups -OCH3 is 1. The van der Waals surface area contributed by atoms with E-state index >= 15 is 0 Å². The third kappa shape index (κ3) is 3.24. The molecule has 1 saturated heterocycles. The number of halogens is 1. The first-order valence-electron chi connectivity index (χ1n) is 8.52. The number of fused-ring (bicyclic) bond motifs is 1. The second kappa shape index (κ2) is 7.17. The Bertz CT molecular complexity index is 817.